The predicted molar refractivity (Wildman–Crippen MR) is 84.5 cm³/mol. The number of likely N-dealkylation sites (N-methyl/N-ethyl adjacent to an activating group) is 1. The zero-order valence-electron chi connectivity index (χ0n) is 11.5. The van der Waals surface area contributed by atoms with Crippen molar-refractivity contribution in [2.45, 2.75) is 19.4 Å². The lowest BCUT2D eigenvalue weighted by Gasteiger charge is -2.17. The quantitative estimate of drug-likeness (QED) is 0.819. The standard InChI is InChI=1S/C15H17BrClNO2/c1-3-18-13(14-6-7-15(17)20-14)9-10-8-11(19-2)4-5-12(10)16/h4-8,13,18H,3,9H2,1-2H3. The molecule has 0 amide bonds. The highest BCUT2D eigenvalue weighted by Gasteiger charge is 2.17. The van der Waals surface area contributed by atoms with Gasteiger partial charge in [-0.3, -0.25) is 0 Å². The molecule has 0 aliphatic rings. The van der Waals surface area contributed by atoms with E-state index in [-0.39, 0.29) is 6.04 Å². The van der Waals surface area contributed by atoms with Gasteiger partial charge in [0.25, 0.3) is 0 Å². The lowest BCUT2D eigenvalue weighted by Crippen LogP contribution is -2.22. The van der Waals surface area contributed by atoms with E-state index in [4.69, 9.17) is 20.8 Å². The molecule has 108 valence electrons. The number of halogens is 2. The van der Waals surface area contributed by atoms with Gasteiger partial charge in [-0.05, 0) is 60.5 Å². The first-order valence-corrected chi connectivity index (χ1v) is 7.62. The summed E-state index contributed by atoms with van der Waals surface area (Å²) in [7, 11) is 1.67. The number of methoxy groups -OCH3 is 1. The van der Waals surface area contributed by atoms with E-state index in [0.29, 0.717) is 5.22 Å². The Hall–Kier alpha value is -0.970. The van der Waals surface area contributed by atoms with Crippen LogP contribution >= 0.6 is 27.5 Å². The van der Waals surface area contributed by atoms with Crippen molar-refractivity contribution in [3.05, 3.63) is 51.3 Å². The fourth-order valence-corrected chi connectivity index (χ4v) is 2.65. The van der Waals surface area contributed by atoms with Crippen LogP contribution in [0.3, 0.4) is 0 Å². The third-order valence-corrected chi connectivity index (χ3v) is 4.04. The monoisotopic (exact) mass is 357 g/mol. The molecule has 3 nitrogen and oxygen atoms in total. The zero-order chi connectivity index (χ0) is 14.5. The van der Waals surface area contributed by atoms with E-state index >= 15 is 0 Å². The number of hydrogen-bond acceptors (Lipinski definition) is 3. The molecule has 1 unspecified atom stereocenters. The molecular formula is C15H17BrClNO2. The Labute approximate surface area is 132 Å². The second-order valence-electron chi connectivity index (χ2n) is 4.41. The van der Waals surface area contributed by atoms with E-state index in [2.05, 4.69) is 28.2 Å². The van der Waals surface area contributed by atoms with Crippen molar-refractivity contribution in [2.75, 3.05) is 13.7 Å². The van der Waals surface area contributed by atoms with Crippen LogP contribution in [0, 0.1) is 0 Å². The maximum absolute atomic E-state index is 5.86. The van der Waals surface area contributed by atoms with Gasteiger partial charge in [-0.2, -0.15) is 0 Å². The Morgan fingerprint density at radius 3 is 2.75 bits per heavy atom. The molecule has 0 aliphatic carbocycles. The molecule has 5 heteroatoms. The Bertz CT molecular complexity index is 571. The highest BCUT2D eigenvalue weighted by molar-refractivity contribution is 9.10. The van der Waals surface area contributed by atoms with E-state index < -0.39 is 0 Å². The summed E-state index contributed by atoms with van der Waals surface area (Å²) in [5.74, 6) is 1.68. The fraction of sp³-hybridized carbons (Fsp3) is 0.333. The van der Waals surface area contributed by atoms with Crippen molar-refractivity contribution in [1.82, 2.24) is 5.32 Å². The summed E-state index contributed by atoms with van der Waals surface area (Å²) in [5.41, 5.74) is 1.16. The van der Waals surface area contributed by atoms with Gasteiger partial charge >= 0.3 is 0 Å². The molecule has 0 spiro atoms. The number of benzene rings is 1. The molecule has 0 fully saturated rings. The molecule has 1 heterocycles. The molecule has 0 bridgehead atoms. The molecule has 1 N–H and O–H groups in total. The molecule has 1 atom stereocenters. The Kier molecular flexibility index (Phi) is 5.52. The minimum atomic E-state index is 0.0795. The number of furan rings is 1. The molecule has 0 saturated heterocycles. The number of ether oxygens (including phenoxy) is 1. The van der Waals surface area contributed by atoms with Gasteiger partial charge in [0.05, 0.1) is 13.2 Å². The summed E-state index contributed by atoms with van der Waals surface area (Å²) >= 11 is 9.44. The Morgan fingerprint density at radius 2 is 2.15 bits per heavy atom. The van der Waals surface area contributed by atoms with E-state index in [1.807, 2.05) is 24.3 Å². The van der Waals surface area contributed by atoms with Crippen LogP contribution < -0.4 is 10.1 Å². The van der Waals surface area contributed by atoms with Crippen LogP contribution in [-0.2, 0) is 6.42 Å². The summed E-state index contributed by atoms with van der Waals surface area (Å²) < 4.78 is 11.9. The average molecular weight is 359 g/mol. The van der Waals surface area contributed by atoms with E-state index in [1.165, 1.54) is 0 Å². The van der Waals surface area contributed by atoms with Crippen LogP contribution in [-0.4, -0.2) is 13.7 Å². The van der Waals surface area contributed by atoms with Crippen molar-refractivity contribution in [3.63, 3.8) is 0 Å². The van der Waals surface area contributed by atoms with Gasteiger partial charge in [-0.15, -0.1) is 0 Å². The number of nitrogens with one attached hydrogen (secondary N) is 1. The van der Waals surface area contributed by atoms with Gasteiger partial charge in [0.1, 0.15) is 11.5 Å². The molecular weight excluding hydrogens is 342 g/mol. The summed E-state index contributed by atoms with van der Waals surface area (Å²) in [4.78, 5) is 0. The van der Waals surface area contributed by atoms with Gasteiger partial charge in [0.2, 0.25) is 0 Å². The van der Waals surface area contributed by atoms with Crippen molar-refractivity contribution in [3.8, 4) is 5.75 Å². The van der Waals surface area contributed by atoms with E-state index in [0.717, 1.165) is 34.5 Å². The number of hydrogen-bond donors (Lipinski definition) is 1. The highest BCUT2D eigenvalue weighted by Crippen LogP contribution is 2.29. The number of rotatable bonds is 6. The van der Waals surface area contributed by atoms with Crippen LogP contribution in [0.2, 0.25) is 5.22 Å². The minimum Gasteiger partial charge on any atom is -0.497 e. The lowest BCUT2D eigenvalue weighted by molar-refractivity contribution is 0.408. The van der Waals surface area contributed by atoms with Crippen molar-refractivity contribution in [1.29, 1.82) is 0 Å². The third kappa shape index (κ3) is 3.78. The van der Waals surface area contributed by atoms with Crippen LogP contribution in [0.25, 0.3) is 0 Å². The first-order valence-electron chi connectivity index (χ1n) is 6.45. The van der Waals surface area contributed by atoms with Crippen LogP contribution in [0.4, 0.5) is 0 Å². The summed E-state index contributed by atoms with van der Waals surface area (Å²) in [6.45, 7) is 2.92. The highest BCUT2D eigenvalue weighted by atomic mass is 79.9. The first kappa shape index (κ1) is 15.4. The minimum absolute atomic E-state index is 0.0795. The molecule has 1 aromatic carbocycles. The van der Waals surface area contributed by atoms with Gasteiger partial charge in [-0.1, -0.05) is 22.9 Å². The second-order valence-corrected chi connectivity index (χ2v) is 5.64. The van der Waals surface area contributed by atoms with Crippen molar-refractivity contribution >= 4 is 27.5 Å². The first-order chi connectivity index (χ1) is 9.63. The summed E-state index contributed by atoms with van der Waals surface area (Å²) in [6.07, 6.45) is 0.787. The third-order valence-electron chi connectivity index (χ3n) is 3.06. The molecule has 2 aromatic rings. The Morgan fingerprint density at radius 1 is 1.35 bits per heavy atom. The molecule has 0 radical (unpaired) electrons. The Balaban J connectivity index is 2.23. The van der Waals surface area contributed by atoms with Gasteiger partial charge < -0.3 is 14.5 Å². The molecule has 1 aromatic heterocycles. The largest absolute Gasteiger partial charge is 0.497 e. The summed E-state index contributed by atoms with van der Waals surface area (Å²) in [5, 5.41) is 3.82. The van der Waals surface area contributed by atoms with E-state index in [1.54, 1.807) is 13.2 Å². The van der Waals surface area contributed by atoms with Crippen LogP contribution in [0.5, 0.6) is 5.75 Å². The normalized spacial score (nSPS) is 12.4. The smallest absolute Gasteiger partial charge is 0.193 e. The molecule has 2 rings (SSSR count). The molecule has 0 saturated carbocycles. The van der Waals surface area contributed by atoms with Crippen molar-refractivity contribution in [2.24, 2.45) is 0 Å². The maximum atomic E-state index is 5.86. The van der Waals surface area contributed by atoms with E-state index in [9.17, 15) is 0 Å². The van der Waals surface area contributed by atoms with Crippen molar-refractivity contribution < 1.29 is 9.15 Å². The summed E-state index contributed by atoms with van der Waals surface area (Å²) in [6, 6.07) is 9.70. The van der Waals surface area contributed by atoms with Crippen LogP contribution in [0.1, 0.15) is 24.3 Å². The maximum Gasteiger partial charge on any atom is 0.193 e. The fourth-order valence-electron chi connectivity index (χ4n) is 2.09. The average Bonchev–Trinajstić information content (AvgIpc) is 2.87. The zero-order valence-corrected chi connectivity index (χ0v) is 13.8. The van der Waals surface area contributed by atoms with Gasteiger partial charge in [0.15, 0.2) is 5.22 Å². The van der Waals surface area contributed by atoms with Gasteiger partial charge in [-0.25, -0.2) is 0 Å². The predicted octanol–water partition coefficient (Wildman–Crippen LogP) is 4.60. The topological polar surface area (TPSA) is 34.4 Å². The van der Waals surface area contributed by atoms with Gasteiger partial charge in [0, 0.05) is 4.47 Å². The molecule has 0 aliphatic heterocycles. The SMILES string of the molecule is CCNC(Cc1cc(OC)ccc1Br)c1ccc(Cl)o1. The second kappa shape index (κ2) is 7.16. The lowest BCUT2D eigenvalue weighted by atomic mass is 10.0. The van der Waals surface area contributed by atoms with Crippen LogP contribution in [0.15, 0.2) is 39.2 Å². The molecule has 20 heavy (non-hydrogen) atoms.